The van der Waals surface area contributed by atoms with E-state index in [1.807, 2.05) is 38.1 Å². The molecule has 1 atom stereocenters. The molecule has 1 aromatic carbocycles. The third-order valence-electron chi connectivity index (χ3n) is 2.25. The Morgan fingerprint density at radius 1 is 1.38 bits per heavy atom. The topological polar surface area (TPSA) is 38.7 Å². The summed E-state index contributed by atoms with van der Waals surface area (Å²) in [5.41, 5.74) is -0.182. The summed E-state index contributed by atoms with van der Waals surface area (Å²) in [6, 6.07) is 7.47. The summed E-state index contributed by atoms with van der Waals surface area (Å²) in [5, 5.41) is 10.2. The van der Waals surface area contributed by atoms with Gasteiger partial charge in [-0.05, 0) is 38.5 Å². The third-order valence-corrected chi connectivity index (χ3v) is 2.25. The van der Waals surface area contributed by atoms with Gasteiger partial charge in [0, 0.05) is 7.11 Å². The van der Waals surface area contributed by atoms with E-state index in [9.17, 15) is 5.11 Å². The lowest BCUT2D eigenvalue weighted by atomic mass is 9.97. The van der Waals surface area contributed by atoms with Crippen molar-refractivity contribution in [1.82, 2.24) is 0 Å². The van der Waals surface area contributed by atoms with Crippen LogP contribution in [-0.2, 0) is 10.3 Å². The lowest BCUT2D eigenvalue weighted by Crippen LogP contribution is -2.27. The highest BCUT2D eigenvalue weighted by molar-refractivity contribution is 5.32. The SMILES string of the molecule is COCC(C)(O)c1cccc(OC(C)C)c1. The fourth-order valence-electron chi connectivity index (χ4n) is 1.54. The molecule has 0 amide bonds. The summed E-state index contributed by atoms with van der Waals surface area (Å²) >= 11 is 0. The molecule has 0 saturated carbocycles. The van der Waals surface area contributed by atoms with Gasteiger partial charge in [0.1, 0.15) is 11.4 Å². The van der Waals surface area contributed by atoms with Crippen molar-refractivity contribution < 1.29 is 14.6 Å². The van der Waals surface area contributed by atoms with Gasteiger partial charge in [-0.15, -0.1) is 0 Å². The predicted molar refractivity (Wildman–Crippen MR) is 63.7 cm³/mol. The minimum absolute atomic E-state index is 0.127. The molecule has 0 bridgehead atoms. The van der Waals surface area contributed by atoms with E-state index in [1.165, 1.54) is 0 Å². The fourth-order valence-corrected chi connectivity index (χ4v) is 1.54. The minimum atomic E-state index is -0.981. The highest BCUT2D eigenvalue weighted by Crippen LogP contribution is 2.25. The average molecular weight is 224 g/mol. The zero-order valence-electron chi connectivity index (χ0n) is 10.4. The Morgan fingerprint density at radius 3 is 2.62 bits per heavy atom. The molecular formula is C13H20O3. The fraction of sp³-hybridized carbons (Fsp3) is 0.538. The van der Waals surface area contributed by atoms with Gasteiger partial charge in [0.05, 0.1) is 12.7 Å². The van der Waals surface area contributed by atoms with E-state index in [1.54, 1.807) is 14.0 Å². The van der Waals surface area contributed by atoms with E-state index in [4.69, 9.17) is 9.47 Å². The van der Waals surface area contributed by atoms with E-state index in [0.717, 1.165) is 11.3 Å². The summed E-state index contributed by atoms with van der Waals surface area (Å²) in [7, 11) is 1.57. The van der Waals surface area contributed by atoms with E-state index < -0.39 is 5.60 Å². The molecule has 0 heterocycles. The maximum absolute atomic E-state index is 10.2. The van der Waals surface area contributed by atoms with Crippen molar-refractivity contribution in [2.45, 2.75) is 32.5 Å². The molecular weight excluding hydrogens is 204 g/mol. The number of methoxy groups -OCH3 is 1. The summed E-state index contributed by atoms with van der Waals surface area (Å²) in [6.07, 6.45) is 0.127. The first kappa shape index (κ1) is 13.0. The largest absolute Gasteiger partial charge is 0.491 e. The first-order chi connectivity index (χ1) is 7.45. The molecule has 0 aliphatic rings. The molecule has 0 radical (unpaired) electrons. The molecule has 0 spiro atoms. The van der Waals surface area contributed by atoms with Crippen molar-refractivity contribution in [1.29, 1.82) is 0 Å². The van der Waals surface area contributed by atoms with E-state index in [0.29, 0.717) is 0 Å². The van der Waals surface area contributed by atoms with Gasteiger partial charge in [-0.2, -0.15) is 0 Å². The Kier molecular flexibility index (Phi) is 4.33. The van der Waals surface area contributed by atoms with Crippen LogP contribution in [0.5, 0.6) is 5.75 Å². The van der Waals surface area contributed by atoms with Gasteiger partial charge in [-0.3, -0.25) is 0 Å². The first-order valence-electron chi connectivity index (χ1n) is 5.44. The molecule has 0 fully saturated rings. The summed E-state index contributed by atoms with van der Waals surface area (Å²) in [4.78, 5) is 0. The van der Waals surface area contributed by atoms with Crippen LogP contribution in [0.3, 0.4) is 0 Å². The van der Waals surface area contributed by atoms with Crippen LogP contribution in [0.4, 0.5) is 0 Å². The maximum Gasteiger partial charge on any atom is 0.120 e. The molecule has 1 aromatic rings. The second kappa shape index (κ2) is 5.32. The lowest BCUT2D eigenvalue weighted by Gasteiger charge is -2.23. The summed E-state index contributed by atoms with van der Waals surface area (Å²) in [5.74, 6) is 0.767. The summed E-state index contributed by atoms with van der Waals surface area (Å²) in [6.45, 7) is 5.93. The van der Waals surface area contributed by atoms with Crippen LogP contribution in [0.2, 0.25) is 0 Å². The second-order valence-corrected chi connectivity index (χ2v) is 4.40. The van der Waals surface area contributed by atoms with Crippen molar-refractivity contribution in [2.24, 2.45) is 0 Å². The minimum Gasteiger partial charge on any atom is -0.491 e. The highest BCUT2D eigenvalue weighted by Gasteiger charge is 2.23. The second-order valence-electron chi connectivity index (χ2n) is 4.40. The average Bonchev–Trinajstić information content (AvgIpc) is 2.17. The molecule has 0 saturated heterocycles. The molecule has 1 N–H and O–H groups in total. The van der Waals surface area contributed by atoms with Crippen LogP contribution < -0.4 is 4.74 Å². The van der Waals surface area contributed by atoms with E-state index in [2.05, 4.69) is 0 Å². The first-order valence-corrected chi connectivity index (χ1v) is 5.44. The van der Waals surface area contributed by atoms with Crippen molar-refractivity contribution >= 4 is 0 Å². The van der Waals surface area contributed by atoms with Crippen molar-refractivity contribution in [3.63, 3.8) is 0 Å². The van der Waals surface area contributed by atoms with E-state index >= 15 is 0 Å². The Balaban J connectivity index is 2.89. The molecule has 0 aliphatic heterocycles. The van der Waals surface area contributed by atoms with Crippen LogP contribution in [0.25, 0.3) is 0 Å². The van der Waals surface area contributed by atoms with Gasteiger partial charge in [0.2, 0.25) is 0 Å². The summed E-state index contributed by atoms with van der Waals surface area (Å²) < 4.78 is 10.6. The number of aliphatic hydroxyl groups is 1. The molecule has 3 nitrogen and oxygen atoms in total. The Bertz CT molecular complexity index is 332. The Labute approximate surface area is 97.0 Å². The number of benzene rings is 1. The zero-order chi connectivity index (χ0) is 12.2. The van der Waals surface area contributed by atoms with Gasteiger partial charge in [0.25, 0.3) is 0 Å². The Morgan fingerprint density at radius 2 is 2.06 bits per heavy atom. The van der Waals surface area contributed by atoms with Crippen molar-refractivity contribution in [2.75, 3.05) is 13.7 Å². The van der Waals surface area contributed by atoms with Gasteiger partial charge >= 0.3 is 0 Å². The highest BCUT2D eigenvalue weighted by atomic mass is 16.5. The number of rotatable bonds is 5. The van der Waals surface area contributed by atoms with Gasteiger partial charge < -0.3 is 14.6 Å². The molecule has 90 valence electrons. The van der Waals surface area contributed by atoms with Gasteiger partial charge in [-0.1, -0.05) is 12.1 Å². The maximum atomic E-state index is 10.2. The van der Waals surface area contributed by atoms with Crippen LogP contribution in [0, 0.1) is 0 Å². The number of hydrogen-bond acceptors (Lipinski definition) is 3. The normalized spacial score (nSPS) is 14.9. The predicted octanol–water partition coefficient (Wildman–Crippen LogP) is 2.33. The van der Waals surface area contributed by atoms with Crippen LogP contribution in [0.15, 0.2) is 24.3 Å². The monoisotopic (exact) mass is 224 g/mol. The third kappa shape index (κ3) is 3.51. The quantitative estimate of drug-likeness (QED) is 0.834. The van der Waals surface area contributed by atoms with Crippen LogP contribution in [-0.4, -0.2) is 24.9 Å². The van der Waals surface area contributed by atoms with Crippen LogP contribution >= 0.6 is 0 Å². The van der Waals surface area contributed by atoms with E-state index in [-0.39, 0.29) is 12.7 Å². The molecule has 3 heteroatoms. The standard InChI is InChI=1S/C13H20O3/c1-10(2)16-12-7-5-6-11(8-12)13(3,14)9-15-4/h5-8,10,14H,9H2,1-4H3. The lowest BCUT2D eigenvalue weighted by molar-refractivity contribution is -0.0209. The molecule has 1 unspecified atom stereocenters. The zero-order valence-corrected chi connectivity index (χ0v) is 10.4. The van der Waals surface area contributed by atoms with Crippen molar-refractivity contribution in [3.05, 3.63) is 29.8 Å². The molecule has 1 rings (SSSR count). The Hall–Kier alpha value is -1.06. The molecule has 0 aromatic heterocycles. The van der Waals surface area contributed by atoms with Gasteiger partial charge in [0.15, 0.2) is 0 Å². The molecule has 16 heavy (non-hydrogen) atoms. The van der Waals surface area contributed by atoms with Crippen LogP contribution in [0.1, 0.15) is 26.3 Å². The van der Waals surface area contributed by atoms with Gasteiger partial charge in [-0.25, -0.2) is 0 Å². The number of hydrogen-bond donors (Lipinski definition) is 1. The number of ether oxygens (including phenoxy) is 2. The van der Waals surface area contributed by atoms with Crippen molar-refractivity contribution in [3.8, 4) is 5.75 Å². The molecule has 0 aliphatic carbocycles. The smallest absolute Gasteiger partial charge is 0.120 e.